The maximum absolute atomic E-state index is 4.73. The molecule has 44 heavy (non-hydrogen) atoms. The van der Waals surface area contributed by atoms with Crippen molar-refractivity contribution in [1.29, 1.82) is 0 Å². The summed E-state index contributed by atoms with van der Waals surface area (Å²) in [5.41, 5.74) is 11.6. The van der Waals surface area contributed by atoms with E-state index in [-0.39, 0.29) is 0 Å². The first kappa shape index (κ1) is 25.1. The summed E-state index contributed by atoms with van der Waals surface area (Å²) in [4.78, 5) is 12.0. The Bertz CT molecular complexity index is 2160. The first-order chi connectivity index (χ1) is 21.8. The van der Waals surface area contributed by atoms with Crippen molar-refractivity contribution in [3.8, 4) is 28.2 Å². The molecule has 3 heterocycles. The second kappa shape index (κ2) is 10.1. The van der Waals surface area contributed by atoms with Crippen molar-refractivity contribution in [1.82, 2.24) is 14.5 Å². The van der Waals surface area contributed by atoms with Crippen molar-refractivity contribution in [2.45, 2.75) is 18.9 Å². The van der Waals surface area contributed by atoms with E-state index in [1.54, 1.807) is 11.9 Å². The van der Waals surface area contributed by atoms with E-state index in [1.165, 1.54) is 33.2 Å². The molecule has 4 nitrogen and oxygen atoms in total. The Morgan fingerprint density at radius 3 is 2.05 bits per heavy atom. The van der Waals surface area contributed by atoms with Crippen LogP contribution in [0.4, 0.5) is 5.69 Å². The summed E-state index contributed by atoms with van der Waals surface area (Å²) in [6.07, 6.45) is 17.7. The lowest BCUT2D eigenvalue weighted by atomic mass is 9.87. The van der Waals surface area contributed by atoms with Crippen molar-refractivity contribution in [2.24, 2.45) is 5.92 Å². The Morgan fingerprint density at radius 1 is 0.636 bits per heavy atom. The van der Waals surface area contributed by atoms with Gasteiger partial charge in [-0.2, -0.15) is 0 Å². The van der Waals surface area contributed by atoms with Crippen molar-refractivity contribution < 1.29 is 0 Å². The quantitative estimate of drug-likeness (QED) is 0.213. The number of anilines is 1. The predicted octanol–water partition coefficient (Wildman–Crippen LogP) is 9.44. The highest BCUT2D eigenvalue weighted by atomic mass is 15.2. The van der Waals surface area contributed by atoms with Gasteiger partial charge < -0.3 is 9.47 Å². The van der Waals surface area contributed by atoms with Crippen molar-refractivity contribution in [3.63, 3.8) is 0 Å². The van der Waals surface area contributed by atoms with Gasteiger partial charge in [0.05, 0.1) is 28.5 Å². The minimum Gasteiger partial charge on any atom is -0.334 e. The number of hydrogen-bond donors (Lipinski definition) is 0. The summed E-state index contributed by atoms with van der Waals surface area (Å²) in [5.74, 6) is 0.441. The maximum Gasteiger partial charge on any atom is 0.116 e. The van der Waals surface area contributed by atoms with Gasteiger partial charge in [0, 0.05) is 44.9 Å². The minimum atomic E-state index is 0.313. The third-order valence-electron chi connectivity index (χ3n) is 9.32. The molecule has 0 fully saturated rings. The first-order valence-electron chi connectivity index (χ1n) is 15.4. The highest BCUT2D eigenvalue weighted by Crippen LogP contribution is 2.45. The topological polar surface area (TPSA) is 34.0 Å². The average Bonchev–Trinajstić information content (AvgIpc) is 3.62. The number of para-hydroxylation sites is 2. The summed E-state index contributed by atoms with van der Waals surface area (Å²) >= 11 is 0. The maximum atomic E-state index is 4.73. The second-order valence-electron chi connectivity index (χ2n) is 11.8. The zero-order valence-electron chi connectivity index (χ0n) is 24.2. The molecule has 9 rings (SSSR count). The normalized spacial score (nSPS) is 18.8. The van der Waals surface area contributed by atoms with E-state index in [0.717, 1.165) is 41.0 Å². The number of aromatic nitrogens is 3. The number of hydrogen-bond acceptors (Lipinski definition) is 3. The third kappa shape index (κ3) is 3.91. The molecule has 210 valence electrons. The van der Waals surface area contributed by atoms with Crippen LogP contribution in [0.1, 0.15) is 12.8 Å². The summed E-state index contributed by atoms with van der Waals surface area (Å²) in [6.45, 7) is 0. The van der Waals surface area contributed by atoms with E-state index in [1.807, 2.05) is 0 Å². The van der Waals surface area contributed by atoms with Gasteiger partial charge in [0.2, 0.25) is 0 Å². The van der Waals surface area contributed by atoms with E-state index in [9.17, 15) is 0 Å². The largest absolute Gasteiger partial charge is 0.334 e. The van der Waals surface area contributed by atoms with Crippen LogP contribution in [0.15, 0.2) is 157 Å². The van der Waals surface area contributed by atoms with Crippen LogP contribution < -0.4 is 4.90 Å². The molecule has 0 amide bonds. The number of allylic oxidation sites excluding steroid dienone is 4. The molecule has 2 unspecified atom stereocenters. The van der Waals surface area contributed by atoms with Crippen LogP contribution >= 0.6 is 0 Å². The summed E-state index contributed by atoms with van der Waals surface area (Å²) in [7, 11) is 0. The van der Waals surface area contributed by atoms with Gasteiger partial charge >= 0.3 is 0 Å². The lowest BCUT2D eigenvalue weighted by Gasteiger charge is -2.30. The van der Waals surface area contributed by atoms with Gasteiger partial charge in [0.25, 0.3) is 0 Å². The molecule has 0 saturated heterocycles. The molecule has 4 heteroatoms. The molecule has 6 aromatic rings. The van der Waals surface area contributed by atoms with Gasteiger partial charge in [-0.25, -0.2) is 9.97 Å². The van der Waals surface area contributed by atoms with E-state index < -0.39 is 0 Å². The lowest BCUT2D eigenvalue weighted by Crippen LogP contribution is -2.32. The molecule has 0 bridgehead atoms. The highest BCUT2D eigenvalue weighted by Gasteiger charge is 2.38. The van der Waals surface area contributed by atoms with Crippen LogP contribution in [0, 0.1) is 5.92 Å². The standard InChI is InChI=1S/C40H30N4/c1-5-19-37-31(15-1)32-16-2-6-20-38(32)43(37)29-13-9-11-27(23-29)35-25-36(42-26-41-35)28-12-10-14-30(24-28)44-39-21-7-3-17-33(39)34-18-4-8-22-40(34)44/h1-3,5-17,19-26,33,39H,4,18H2. The monoisotopic (exact) mass is 566 g/mol. The van der Waals surface area contributed by atoms with Crippen molar-refractivity contribution in [3.05, 3.63) is 157 Å². The minimum absolute atomic E-state index is 0.313. The molecule has 3 aliphatic rings. The van der Waals surface area contributed by atoms with Crippen LogP contribution in [0.5, 0.6) is 0 Å². The number of rotatable bonds is 4. The van der Waals surface area contributed by atoms with Gasteiger partial charge in [-0.3, -0.25) is 0 Å². The molecule has 0 saturated carbocycles. The SMILES string of the molecule is C1=CC2C3=C(C=CCC3)N(c3cccc(-c4cc(-c5cccc(-n6c7ccccc7c7ccccc76)c5)ncn4)c3)C2C=C1. The molecule has 2 aliphatic carbocycles. The summed E-state index contributed by atoms with van der Waals surface area (Å²) in [5, 5.41) is 2.52. The van der Waals surface area contributed by atoms with Gasteiger partial charge in [0.1, 0.15) is 6.33 Å². The Hall–Kier alpha value is -5.48. The molecular formula is C40H30N4. The Labute approximate surface area is 256 Å². The molecule has 4 aromatic carbocycles. The van der Waals surface area contributed by atoms with E-state index >= 15 is 0 Å². The molecule has 2 atom stereocenters. The molecule has 0 radical (unpaired) electrons. The first-order valence-corrected chi connectivity index (χ1v) is 15.4. The zero-order chi connectivity index (χ0) is 29.0. The fourth-order valence-electron chi connectivity index (χ4n) is 7.37. The van der Waals surface area contributed by atoms with Crippen LogP contribution in [-0.4, -0.2) is 20.6 Å². The number of benzene rings is 4. The predicted molar refractivity (Wildman–Crippen MR) is 181 cm³/mol. The lowest BCUT2D eigenvalue weighted by molar-refractivity contribution is 0.658. The number of fused-ring (bicyclic) bond motifs is 5. The average molecular weight is 567 g/mol. The Balaban J connectivity index is 1.10. The van der Waals surface area contributed by atoms with Gasteiger partial charge in [-0.05, 0) is 67.0 Å². The smallest absolute Gasteiger partial charge is 0.116 e. The van der Waals surface area contributed by atoms with E-state index in [0.29, 0.717) is 12.0 Å². The third-order valence-corrected chi connectivity index (χ3v) is 9.32. The Kier molecular flexibility index (Phi) is 5.73. The molecule has 1 aliphatic heterocycles. The summed E-state index contributed by atoms with van der Waals surface area (Å²) in [6, 6.07) is 37.1. The number of nitrogens with zero attached hydrogens (tertiary/aromatic N) is 4. The van der Waals surface area contributed by atoms with Crippen LogP contribution in [0.3, 0.4) is 0 Å². The molecule has 0 N–H and O–H groups in total. The van der Waals surface area contributed by atoms with Crippen LogP contribution in [0.2, 0.25) is 0 Å². The zero-order valence-corrected chi connectivity index (χ0v) is 24.2. The fraction of sp³-hybridized carbons (Fsp3) is 0.100. The van der Waals surface area contributed by atoms with E-state index in [4.69, 9.17) is 9.97 Å². The summed E-state index contributed by atoms with van der Waals surface area (Å²) < 4.78 is 2.35. The van der Waals surface area contributed by atoms with Crippen LogP contribution in [0.25, 0.3) is 50.0 Å². The fourth-order valence-corrected chi connectivity index (χ4v) is 7.37. The second-order valence-corrected chi connectivity index (χ2v) is 11.8. The van der Waals surface area contributed by atoms with Gasteiger partial charge in [-0.1, -0.05) is 91.0 Å². The van der Waals surface area contributed by atoms with Crippen LogP contribution in [-0.2, 0) is 0 Å². The van der Waals surface area contributed by atoms with Gasteiger partial charge in [-0.15, -0.1) is 0 Å². The van der Waals surface area contributed by atoms with Crippen molar-refractivity contribution >= 4 is 27.5 Å². The molecular weight excluding hydrogens is 536 g/mol. The Morgan fingerprint density at radius 2 is 1.30 bits per heavy atom. The van der Waals surface area contributed by atoms with Crippen molar-refractivity contribution in [2.75, 3.05) is 4.90 Å². The van der Waals surface area contributed by atoms with E-state index in [2.05, 4.69) is 149 Å². The van der Waals surface area contributed by atoms with Gasteiger partial charge in [0.15, 0.2) is 0 Å². The molecule has 2 aromatic heterocycles. The molecule has 0 spiro atoms. The highest BCUT2D eigenvalue weighted by molar-refractivity contribution is 6.09.